The Bertz CT molecular complexity index is 3680. The SMILES string of the molecule is c1ccc(-n2c3ccccc3c3ccc(-c4ccc(N(c5ccc6c(c5)oc5ccc7ccccc7c56)c5ccc6c(c5)sc5ccc7ccccc7c56)cc4)cc32)cc1. The minimum absolute atomic E-state index is 0.872. The van der Waals surface area contributed by atoms with Crippen LogP contribution in [-0.2, 0) is 0 Å². The number of nitrogens with zero attached hydrogens (tertiary/aromatic N) is 2. The zero-order valence-electron chi connectivity index (χ0n) is 32.3. The Hall–Kier alpha value is -7.66. The molecule has 0 radical (unpaired) electrons. The molecule has 0 amide bonds. The molecule has 0 atom stereocenters. The smallest absolute Gasteiger partial charge is 0.137 e. The molecule has 0 saturated carbocycles. The minimum Gasteiger partial charge on any atom is -0.456 e. The van der Waals surface area contributed by atoms with Gasteiger partial charge in [0.05, 0.1) is 11.0 Å². The molecule has 13 rings (SSSR count). The van der Waals surface area contributed by atoms with E-state index < -0.39 is 0 Å². The standard InChI is InChI=1S/C56H34N2OS/c1-2-12-39(13-3-1)58-49-17-9-8-16-45(49)46-27-20-38(32-50(46)58)35-18-23-40(24-19-35)57(41-25-28-47-52(33-41)59-51-30-21-36-10-4-6-14-43(36)55(47)51)42-26-29-48-54(34-42)60-53-31-22-37-11-5-7-15-44(37)56(48)53/h1-34H. The van der Waals surface area contributed by atoms with Gasteiger partial charge in [-0.25, -0.2) is 0 Å². The van der Waals surface area contributed by atoms with Crippen LogP contribution in [0.3, 0.4) is 0 Å². The molecule has 0 saturated heterocycles. The lowest BCUT2D eigenvalue weighted by atomic mass is 10.0. The predicted octanol–water partition coefficient (Wildman–Crippen LogP) is 16.5. The van der Waals surface area contributed by atoms with Crippen LogP contribution in [0.2, 0.25) is 0 Å². The first-order valence-electron chi connectivity index (χ1n) is 20.4. The average Bonchev–Trinajstić information content (AvgIpc) is 3.99. The molecule has 10 aromatic carbocycles. The normalized spacial score (nSPS) is 12.0. The number of benzene rings is 10. The maximum absolute atomic E-state index is 6.62. The van der Waals surface area contributed by atoms with Gasteiger partial charge in [0.2, 0.25) is 0 Å². The van der Waals surface area contributed by atoms with Crippen molar-refractivity contribution in [1.29, 1.82) is 0 Å². The molecular formula is C56H34N2OS. The fourth-order valence-corrected chi connectivity index (χ4v) is 10.8. The van der Waals surface area contributed by atoms with E-state index in [9.17, 15) is 0 Å². The van der Waals surface area contributed by atoms with Gasteiger partial charge in [-0.1, -0.05) is 127 Å². The Kier molecular flexibility index (Phi) is 7.18. The summed E-state index contributed by atoms with van der Waals surface area (Å²) in [6, 6.07) is 74.9. The zero-order valence-corrected chi connectivity index (χ0v) is 33.2. The highest BCUT2D eigenvalue weighted by Crippen LogP contribution is 2.45. The second kappa shape index (κ2) is 12.9. The summed E-state index contributed by atoms with van der Waals surface area (Å²) in [5.41, 5.74) is 10.9. The van der Waals surface area contributed by atoms with Gasteiger partial charge in [0.25, 0.3) is 0 Å². The molecule has 0 spiro atoms. The van der Waals surface area contributed by atoms with Crippen molar-refractivity contribution in [3.05, 3.63) is 206 Å². The fraction of sp³-hybridized carbons (Fsp3) is 0. The van der Waals surface area contributed by atoms with E-state index in [1.165, 1.54) is 69.1 Å². The van der Waals surface area contributed by atoms with Crippen LogP contribution in [0.4, 0.5) is 17.1 Å². The first-order valence-corrected chi connectivity index (χ1v) is 21.2. The highest BCUT2D eigenvalue weighted by Gasteiger charge is 2.19. The summed E-state index contributed by atoms with van der Waals surface area (Å²) in [6.07, 6.45) is 0. The maximum atomic E-state index is 6.62. The predicted molar refractivity (Wildman–Crippen MR) is 256 cm³/mol. The van der Waals surface area contributed by atoms with E-state index in [1.54, 1.807) is 0 Å². The van der Waals surface area contributed by atoms with Crippen molar-refractivity contribution < 1.29 is 4.42 Å². The largest absolute Gasteiger partial charge is 0.456 e. The van der Waals surface area contributed by atoms with E-state index in [-0.39, 0.29) is 0 Å². The zero-order chi connectivity index (χ0) is 39.3. The molecule has 0 bridgehead atoms. The summed E-state index contributed by atoms with van der Waals surface area (Å²) in [7, 11) is 0. The van der Waals surface area contributed by atoms with Crippen LogP contribution >= 0.6 is 11.3 Å². The Labute approximate surface area is 349 Å². The quantitative estimate of drug-likeness (QED) is 0.173. The average molecular weight is 783 g/mol. The second-order valence-electron chi connectivity index (χ2n) is 15.7. The molecule has 4 heteroatoms. The van der Waals surface area contributed by atoms with Crippen LogP contribution in [0.5, 0.6) is 0 Å². The lowest BCUT2D eigenvalue weighted by Crippen LogP contribution is -2.09. The molecule has 13 aromatic rings. The topological polar surface area (TPSA) is 21.3 Å². The molecule has 0 aliphatic heterocycles. The van der Waals surface area contributed by atoms with E-state index >= 15 is 0 Å². The summed E-state index contributed by atoms with van der Waals surface area (Å²) in [5.74, 6) is 0. The van der Waals surface area contributed by atoms with Crippen LogP contribution in [-0.4, -0.2) is 4.57 Å². The van der Waals surface area contributed by atoms with Gasteiger partial charge in [-0.15, -0.1) is 11.3 Å². The Morgan fingerprint density at radius 1 is 0.367 bits per heavy atom. The number of rotatable bonds is 5. The number of thiophene rings is 1. The number of furan rings is 1. The Morgan fingerprint density at radius 3 is 1.80 bits per heavy atom. The molecule has 0 N–H and O–H groups in total. The molecule has 60 heavy (non-hydrogen) atoms. The van der Waals surface area contributed by atoms with Gasteiger partial charge in [-0.05, 0) is 105 Å². The summed E-state index contributed by atoms with van der Waals surface area (Å²) in [4.78, 5) is 2.37. The fourth-order valence-electron chi connectivity index (χ4n) is 9.60. The van der Waals surface area contributed by atoms with Gasteiger partial charge in [0, 0.05) is 70.5 Å². The number of hydrogen-bond donors (Lipinski definition) is 0. The third-order valence-corrected chi connectivity index (χ3v) is 13.5. The van der Waals surface area contributed by atoms with Crippen LogP contribution in [0.25, 0.3) is 102 Å². The van der Waals surface area contributed by atoms with Crippen LogP contribution < -0.4 is 4.90 Å². The Morgan fingerprint density at radius 2 is 0.983 bits per heavy atom. The monoisotopic (exact) mass is 782 g/mol. The van der Waals surface area contributed by atoms with E-state index in [2.05, 4.69) is 216 Å². The van der Waals surface area contributed by atoms with E-state index in [0.29, 0.717) is 0 Å². The molecule has 0 fully saturated rings. The van der Waals surface area contributed by atoms with Crippen LogP contribution in [0, 0.1) is 0 Å². The van der Waals surface area contributed by atoms with Crippen molar-refractivity contribution in [3.8, 4) is 16.8 Å². The van der Waals surface area contributed by atoms with Gasteiger partial charge >= 0.3 is 0 Å². The van der Waals surface area contributed by atoms with E-state index in [1.807, 2.05) is 11.3 Å². The summed E-state index contributed by atoms with van der Waals surface area (Å²) >= 11 is 1.86. The molecule has 3 heterocycles. The lowest BCUT2D eigenvalue weighted by Gasteiger charge is -2.26. The van der Waals surface area contributed by atoms with Crippen molar-refractivity contribution in [1.82, 2.24) is 4.57 Å². The molecule has 0 aliphatic rings. The lowest BCUT2D eigenvalue weighted by molar-refractivity contribution is 0.669. The number of anilines is 3. The summed E-state index contributed by atoms with van der Waals surface area (Å²) in [5, 5.41) is 12.4. The highest BCUT2D eigenvalue weighted by molar-refractivity contribution is 7.26. The van der Waals surface area contributed by atoms with Crippen LogP contribution in [0.15, 0.2) is 211 Å². The molecule has 280 valence electrons. The van der Waals surface area contributed by atoms with E-state index in [4.69, 9.17) is 4.42 Å². The van der Waals surface area contributed by atoms with Gasteiger partial charge in [0.15, 0.2) is 0 Å². The molecule has 0 unspecified atom stereocenters. The first kappa shape index (κ1) is 33.3. The molecular weight excluding hydrogens is 749 g/mol. The summed E-state index contributed by atoms with van der Waals surface area (Å²) < 4.78 is 11.6. The number of fused-ring (bicyclic) bond motifs is 13. The first-order chi connectivity index (χ1) is 29.7. The van der Waals surface area contributed by atoms with Crippen LogP contribution in [0.1, 0.15) is 0 Å². The van der Waals surface area contributed by atoms with Crippen molar-refractivity contribution >= 4 is 114 Å². The maximum Gasteiger partial charge on any atom is 0.137 e. The van der Waals surface area contributed by atoms with Gasteiger partial charge < -0.3 is 13.9 Å². The van der Waals surface area contributed by atoms with Crippen molar-refractivity contribution in [3.63, 3.8) is 0 Å². The molecule has 3 aromatic heterocycles. The molecule has 3 nitrogen and oxygen atoms in total. The van der Waals surface area contributed by atoms with E-state index in [0.717, 1.165) is 50.3 Å². The number of aromatic nitrogens is 1. The van der Waals surface area contributed by atoms with Gasteiger partial charge in [0.1, 0.15) is 11.2 Å². The molecule has 0 aliphatic carbocycles. The summed E-state index contributed by atoms with van der Waals surface area (Å²) in [6.45, 7) is 0. The van der Waals surface area contributed by atoms with Gasteiger partial charge in [-0.3, -0.25) is 0 Å². The van der Waals surface area contributed by atoms with Crippen molar-refractivity contribution in [2.24, 2.45) is 0 Å². The number of hydrogen-bond acceptors (Lipinski definition) is 3. The second-order valence-corrected chi connectivity index (χ2v) is 16.8. The third-order valence-electron chi connectivity index (χ3n) is 12.4. The van der Waals surface area contributed by atoms with Crippen molar-refractivity contribution in [2.75, 3.05) is 4.90 Å². The van der Waals surface area contributed by atoms with Crippen molar-refractivity contribution in [2.45, 2.75) is 0 Å². The number of para-hydroxylation sites is 2. The third kappa shape index (κ3) is 5.01. The van der Waals surface area contributed by atoms with Gasteiger partial charge in [-0.2, -0.15) is 0 Å². The minimum atomic E-state index is 0.872. The highest BCUT2D eigenvalue weighted by atomic mass is 32.1. The Balaban J connectivity index is 0.971.